The summed E-state index contributed by atoms with van der Waals surface area (Å²) in [6.45, 7) is 7.26. The number of carbonyl (C=O) groups excluding carboxylic acids is 1. The lowest BCUT2D eigenvalue weighted by Gasteiger charge is -2.25. The molecule has 112 valence electrons. The minimum absolute atomic E-state index is 0.142. The second kappa shape index (κ2) is 10.6. The maximum absolute atomic E-state index is 11.8. The van der Waals surface area contributed by atoms with Crippen LogP contribution in [0.2, 0.25) is 0 Å². The van der Waals surface area contributed by atoms with Gasteiger partial charge in [-0.25, -0.2) is 4.79 Å². The van der Waals surface area contributed by atoms with Crippen LogP contribution in [0.4, 0.5) is 4.79 Å². The number of unbranched alkanes of at least 4 members (excludes halogenated alkanes) is 1. The Bertz CT molecular complexity index is 269. The topological polar surface area (TPSA) is 78.9 Å². The highest BCUT2D eigenvalue weighted by atomic mass is 16.5. The van der Waals surface area contributed by atoms with Crippen molar-refractivity contribution in [3.05, 3.63) is 0 Å². The maximum Gasteiger partial charge on any atom is 0.323 e. The van der Waals surface area contributed by atoms with Gasteiger partial charge in [0, 0.05) is 25.8 Å². The first kappa shape index (κ1) is 17.7. The van der Waals surface area contributed by atoms with E-state index in [-0.39, 0.29) is 18.6 Å². The van der Waals surface area contributed by atoms with Crippen LogP contribution in [0.25, 0.3) is 0 Å². The zero-order chi connectivity index (χ0) is 14.7. The molecule has 0 aromatic rings. The Morgan fingerprint density at radius 2 is 1.89 bits per heavy atom. The van der Waals surface area contributed by atoms with Gasteiger partial charge in [-0.2, -0.15) is 0 Å². The zero-order valence-electron chi connectivity index (χ0n) is 12.1. The predicted octanol–water partition coefficient (Wildman–Crippen LogP) is 1.70. The quantitative estimate of drug-likeness (QED) is 0.594. The van der Waals surface area contributed by atoms with E-state index in [1.54, 1.807) is 13.8 Å². The fourth-order valence-corrected chi connectivity index (χ4v) is 1.45. The van der Waals surface area contributed by atoms with Crippen molar-refractivity contribution in [3.63, 3.8) is 0 Å². The van der Waals surface area contributed by atoms with Crippen molar-refractivity contribution in [2.75, 3.05) is 26.3 Å². The van der Waals surface area contributed by atoms with E-state index in [1.807, 2.05) is 0 Å². The maximum atomic E-state index is 11.8. The Morgan fingerprint density at radius 3 is 2.42 bits per heavy atom. The summed E-state index contributed by atoms with van der Waals surface area (Å²) in [6.07, 6.45) is 2.88. The van der Waals surface area contributed by atoms with Crippen LogP contribution in [0.1, 0.15) is 40.0 Å². The number of aliphatic carboxylic acids is 1. The van der Waals surface area contributed by atoms with Gasteiger partial charge in [0.2, 0.25) is 0 Å². The van der Waals surface area contributed by atoms with Crippen LogP contribution < -0.4 is 5.32 Å². The lowest BCUT2D eigenvalue weighted by atomic mass is 10.3. The average molecular weight is 274 g/mol. The Hall–Kier alpha value is -1.30. The van der Waals surface area contributed by atoms with Crippen molar-refractivity contribution >= 4 is 12.0 Å². The monoisotopic (exact) mass is 274 g/mol. The van der Waals surface area contributed by atoms with E-state index in [0.717, 1.165) is 25.9 Å². The molecule has 0 bridgehead atoms. The number of carboxylic acid groups (broad SMARTS) is 1. The van der Waals surface area contributed by atoms with E-state index in [0.29, 0.717) is 13.2 Å². The van der Waals surface area contributed by atoms with Crippen LogP contribution in [-0.2, 0) is 9.53 Å². The number of hydrogen-bond acceptors (Lipinski definition) is 3. The molecule has 6 nitrogen and oxygen atoms in total. The molecular weight excluding hydrogens is 248 g/mol. The van der Waals surface area contributed by atoms with Gasteiger partial charge < -0.3 is 20.1 Å². The highest BCUT2D eigenvalue weighted by molar-refractivity contribution is 5.80. The standard InChI is InChI=1S/C13H26N2O4/c1-4-5-8-19-9-6-7-14-13(18)15(11(2)3)10-12(16)17/h11H,4-10H2,1-3H3,(H,14,18)(H,16,17). The first-order valence-corrected chi connectivity index (χ1v) is 6.83. The van der Waals surface area contributed by atoms with E-state index >= 15 is 0 Å². The molecule has 0 aliphatic heterocycles. The second-order valence-corrected chi connectivity index (χ2v) is 4.67. The third-order valence-electron chi connectivity index (χ3n) is 2.57. The van der Waals surface area contributed by atoms with E-state index in [4.69, 9.17) is 9.84 Å². The molecule has 2 N–H and O–H groups in total. The molecule has 0 aromatic carbocycles. The molecule has 0 aromatic heterocycles. The molecule has 0 heterocycles. The number of amides is 2. The van der Waals surface area contributed by atoms with Gasteiger partial charge in [0.05, 0.1) is 0 Å². The first-order valence-electron chi connectivity index (χ1n) is 6.83. The molecule has 6 heteroatoms. The summed E-state index contributed by atoms with van der Waals surface area (Å²) >= 11 is 0. The minimum Gasteiger partial charge on any atom is -0.480 e. The van der Waals surface area contributed by atoms with Gasteiger partial charge in [-0.05, 0) is 26.7 Å². The number of carboxylic acids is 1. The smallest absolute Gasteiger partial charge is 0.323 e. The molecule has 0 spiro atoms. The van der Waals surface area contributed by atoms with Crippen molar-refractivity contribution < 1.29 is 19.4 Å². The summed E-state index contributed by atoms with van der Waals surface area (Å²) in [6, 6.07) is -0.483. The Balaban J connectivity index is 3.78. The normalized spacial score (nSPS) is 10.5. The van der Waals surface area contributed by atoms with E-state index in [9.17, 15) is 9.59 Å². The van der Waals surface area contributed by atoms with Gasteiger partial charge in [-0.15, -0.1) is 0 Å². The van der Waals surface area contributed by atoms with E-state index in [2.05, 4.69) is 12.2 Å². The molecule has 0 saturated heterocycles. The Kier molecular flexibility index (Phi) is 9.88. The zero-order valence-corrected chi connectivity index (χ0v) is 12.1. The molecule has 2 amide bonds. The average Bonchev–Trinajstić information content (AvgIpc) is 2.34. The molecule has 0 atom stereocenters. The number of urea groups is 1. The molecule has 0 fully saturated rings. The lowest BCUT2D eigenvalue weighted by Crippen LogP contribution is -2.46. The summed E-state index contributed by atoms with van der Waals surface area (Å²) in [5.41, 5.74) is 0. The first-order chi connectivity index (χ1) is 8.99. The van der Waals surface area contributed by atoms with Crippen molar-refractivity contribution in [2.45, 2.75) is 46.1 Å². The predicted molar refractivity (Wildman–Crippen MR) is 73.2 cm³/mol. The Morgan fingerprint density at radius 1 is 1.26 bits per heavy atom. The summed E-state index contributed by atoms with van der Waals surface area (Å²) in [5, 5.41) is 11.4. The fourth-order valence-electron chi connectivity index (χ4n) is 1.45. The summed E-state index contributed by atoms with van der Waals surface area (Å²) in [4.78, 5) is 23.7. The van der Waals surface area contributed by atoms with Crippen LogP contribution in [0, 0.1) is 0 Å². The summed E-state index contributed by atoms with van der Waals surface area (Å²) in [7, 11) is 0. The van der Waals surface area contributed by atoms with Crippen LogP contribution in [0.15, 0.2) is 0 Å². The number of ether oxygens (including phenoxy) is 1. The summed E-state index contributed by atoms with van der Waals surface area (Å²) in [5.74, 6) is -1.01. The highest BCUT2D eigenvalue weighted by Gasteiger charge is 2.18. The van der Waals surface area contributed by atoms with Crippen molar-refractivity contribution in [1.82, 2.24) is 10.2 Å². The third-order valence-corrected chi connectivity index (χ3v) is 2.57. The van der Waals surface area contributed by atoms with Gasteiger partial charge in [0.25, 0.3) is 0 Å². The second-order valence-electron chi connectivity index (χ2n) is 4.67. The summed E-state index contributed by atoms with van der Waals surface area (Å²) < 4.78 is 5.37. The van der Waals surface area contributed by atoms with Crippen LogP contribution in [-0.4, -0.2) is 54.4 Å². The number of rotatable bonds is 10. The van der Waals surface area contributed by atoms with Crippen LogP contribution >= 0.6 is 0 Å². The van der Waals surface area contributed by atoms with Crippen LogP contribution in [0.5, 0.6) is 0 Å². The van der Waals surface area contributed by atoms with Crippen molar-refractivity contribution in [2.24, 2.45) is 0 Å². The van der Waals surface area contributed by atoms with Gasteiger partial charge >= 0.3 is 12.0 Å². The number of nitrogens with one attached hydrogen (secondary N) is 1. The molecular formula is C13H26N2O4. The van der Waals surface area contributed by atoms with E-state index < -0.39 is 5.97 Å². The molecule has 0 unspecified atom stereocenters. The number of hydrogen-bond donors (Lipinski definition) is 2. The molecule has 19 heavy (non-hydrogen) atoms. The molecule has 0 aliphatic rings. The Labute approximate surface area is 115 Å². The molecule has 0 rings (SSSR count). The molecule has 0 saturated carbocycles. The van der Waals surface area contributed by atoms with Crippen molar-refractivity contribution in [3.8, 4) is 0 Å². The molecule has 0 aliphatic carbocycles. The molecule has 0 radical (unpaired) electrons. The number of carbonyl (C=O) groups is 2. The van der Waals surface area contributed by atoms with Gasteiger partial charge in [-0.3, -0.25) is 4.79 Å². The highest BCUT2D eigenvalue weighted by Crippen LogP contribution is 1.98. The largest absolute Gasteiger partial charge is 0.480 e. The third kappa shape index (κ3) is 9.30. The van der Waals surface area contributed by atoms with Crippen molar-refractivity contribution in [1.29, 1.82) is 0 Å². The van der Waals surface area contributed by atoms with Gasteiger partial charge in [-0.1, -0.05) is 13.3 Å². The fraction of sp³-hybridized carbons (Fsp3) is 0.846. The SMILES string of the molecule is CCCCOCCCNC(=O)N(CC(=O)O)C(C)C. The minimum atomic E-state index is -1.01. The lowest BCUT2D eigenvalue weighted by molar-refractivity contribution is -0.138. The number of nitrogens with zero attached hydrogens (tertiary/aromatic N) is 1. The van der Waals surface area contributed by atoms with Gasteiger partial charge in [0.15, 0.2) is 0 Å². The van der Waals surface area contributed by atoms with Crippen LogP contribution in [0.3, 0.4) is 0 Å². The van der Waals surface area contributed by atoms with E-state index in [1.165, 1.54) is 4.90 Å². The van der Waals surface area contributed by atoms with Gasteiger partial charge in [0.1, 0.15) is 6.54 Å².